The van der Waals surface area contributed by atoms with Crippen molar-refractivity contribution in [1.82, 2.24) is 0 Å². The minimum atomic E-state index is -1.02. The smallest absolute Gasteiger partial charge is 0.300 e. The molecule has 0 aliphatic heterocycles. The lowest BCUT2D eigenvalue weighted by Gasteiger charge is -2.18. The van der Waals surface area contributed by atoms with Crippen molar-refractivity contribution in [2.75, 3.05) is 0 Å². The molecule has 70 valence electrons. The first-order valence-corrected chi connectivity index (χ1v) is 3.65. The van der Waals surface area contributed by atoms with Gasteiger partial charge in [0.15, 0.2) is 5.78 Å². The molecule has 5 nitrogen and oxygen atoms in total. The van der Waals surface area contributed by atoms with E-state index < -0.39 is 17.7 Å². The van der Waals surface area contributed by atoms with Gasteiger partial charge in [-0.1, -0.05) is 6.58 Å². The van der Waals surface area contributed by atoms with Crippen molar-refractivity contribution in [3.8, 4) is 0 Å². The van der Waals surface area contributed by atoms with E-state index in [1.165, 1.54) is 0 Å². The Morgan fingerprint density at radius 2 is 2.15 bits per heavy atom. The van der Waals surface area contributed by atoms with Crippen molar-refractivity contribution in [1.29, 1.82) is 0 Å². The molecular weight excluding hydrogens is 176 g/mol. The van der Waals surface area contributed by atoms with E-state index in [4.69, 9.17) is 5.26 Å². The van der Waals surface area contributed by atoms with Crippen LogP contribution in [0.25, 0.3) is 0 Å². The van der Waals surface area contributed by atoms with Gasteiger partial charge in [0.2, 0.25) is 0 Å². The zero-order chi connectivity index (χ0) is 10.0. The van der Waals surface area contributed by atoms with Crippen LogP contribution >= 0.6 is 0 Å². The van der Waals surface area contributed by atoms with Gasteiger partial charge in [-0.2, -0.15) is 5.26 Å². The van der Waals surface area contributed by atoms with E-state index in [1.54, 1.807) is 0 Å². The molecule has 1 aliphatic rings. The zero-order valence-corrected chi connectivity index (χ0v) is 6.78. The Balaban J connectivity index is 2.84. The van der Waals surface area contributed by atoms with Crippen molar-refractivity contribution >= 4 is 17.5 Å². The first-order chi connectivity index (χ1) is 6.06. The van der Waals surface area contributed by atoms with E-state index >= 15 is 0 Å². The average molecular weight is 184 g/mol. The van der Waals surface area contributed by atoms with E-state index in [2.05, 4.69) is 11.5 Å². The van der Waals surface area contributed by atoms with Crippen LogP contribution in [-0.4, -0.2) is 22.8 Å². The first kappa shape index (κ1) is 9.60. The SMILES string of the molecule is C=C1C(=O)CC(=O)CC1C(=O)OO. The molecule has 0 radical (unpaired) electrons. The Morgan fingerprint density at radius 1 is 1.54 bits per heavy atom. The third-order valence-corrected chi connectivity index (χ3v) is 1.94. The van der Waals surface area contributed by atoms with Gasteiger partial charge in [-0.3, -0.25) is 9.59 Å². The van der Waals surface area contributed by atoms with Crippen LogP contribution in [0.5, 0.6) is 0 Å². The van der Waals surface area contributed by atoms with Crippen molar-refractivity contribution in [3.05, 3.63) is 12.2 Å². The van der Waals surface area contributed by atoms with Crippen molar-refractivity contribution in [2.45, 2.75) is 12.8 Å². The van der Waals surface area contributed by atoms with Crippen LogP contribution in [0.4, 0.5) is 0 Å². The molecule has 0 aromatic rings. The third-order valence-electron chi connectivity index (χ3n) is 1.94. The maximum atomic E-state index is 11.0. The van der Waals surface area contributed by atoms with E-state index in [0.717, 1.165) is 0 Å². The maximum absolute atomic E-state index is 11.0. The van der Waals surface area contributed by atoms with E-state index in [-0.39, 0.29) is 24.2 Å². The highest BCUT2D eigenvalue weighted by molar-refractivity contribution is 6.13. The fraction of sp³-hybridized carbons (Fsp3) is 0.375. The minimum absolute atomic E-state index is 0.0265. The molecule has 0 spiro atoms. The zero-order valence-electron chi connectivity index (χ0n) is 6.78. The third kappa shape index (κ3) is 1.81. The summed E-state index contributed by atoms with van der Waals surface area (Å²) in [5.74, 6) is -2.83. The van der Waals surface area contributed by atoms with Crippen LogP contribution in [0, 0.1) is 5.92 Å². The van der Waals surface area contributed by atoms with Crippen molar-refractivity contribution < 1.29 is 24.5 Å². The van der Waals surface area contributed by atoms with Crippen LogP contribution in [0.15, 0.2) is 12.2 Å². The number of rotatable bonds is 1. The summed E-state index contributed by atoms with van der Waals surface area (Å²) in [6.45, 7) is 3.37. The van der Waals surface area contributed by atoms with Crippen LogP contribution in [0.2, 0.25) is 0 Å². The monoisotopic (exact) mass is 184 g/mol. The average Bonchev–Trinajstić information content (AvgIpc) is 2.10. The molecule has 1 fully saturated rings. The maximum Gasteiger partial charge on any atom is 0.350 e. The molecule has 13 heavy (non-hydrogen) atoms. The summed E-state index contributed by atoms with van der Waals surface area (Å²) in [7, 11) is 0. The van der Waals surface area contributed by atoms with E-state index in [0.29, 0.717) is 0 Å². The quantitative estimate of drug-likeness (QED) is 0.270. The number of ketones is 2. The molecule has 0 heterocycles. The normalized spacial score (nSPS) is 23.2. The fourth-order valence-electron chi connectivity index (χ4n) is 1.20. The Bertz CT molecular complexity index is 291. The van der Waals surface area contributed by atoms with Crippen LogP contribution in [0.1, 0.15) is 12.8 Å². The van der Waals surface area contributed by atoms with Gasteiger partial charge in [0, 0.05) is 12.0 Å². The molecule has 0 amide bonds. The van der Waals surface area contributed by atoms with E-state index in [9.17, 15) is 14.4 Å². The summed E-state index contributed by atoms with van der Waals surface area (Å²) in [5.41, 5.74) is 0.0265. The fourth-order valence-corrected chi connectivity index (χ4v) is 1.20. The molecule has 0 aromatic carbocycles. The molecule has 1 atom stereocenters. The summed E-state index contributed by atoms with van der Waals surface area (Å²) in [5, 5.41) is 8.06. The highest BCUT2D eigenvalue weighted by atomic mass is 17.1. The number of hydrogen-bond acceptors (Lipinski definition) is 5. The number of carbonyl (C=O) groups is 3. The number of carbonyl (C=O) groups excluding carboxylic acids is 3. The first-order valence-electron chi connectivity index (χ1n) is 3.65. The Hall–Kier alpha value is -1.49. The highest BCUT2D eigenvalue weighted by Crippen LogP contribution is 2.24. The minimum Gasteiger partial charge on any atom is -0.300 e. The summed E-state index contributed by atoms with van der Waals surface area (Å²) < 4.78 is 0. The summed E-state index contributed by atoms with van der Waals surface area (Å²) >= 11 is 0. The lowest BCUT2D eigenvalue weighted by molar-refractivity contribution is -0.238. The molecule has 0 bridgehead atoms. The lowest BCUT2D eigenvalue weighted by Crippen LogP contribution is -2.31. The van der Waals surface area contributed by atoms with Crippen molar-refractivity contribution in [2.24, 2.45) is 5.92 Å². The molecule has 0 saturated heterocycles. The van der Waals surface area contributed by atoms with Gasteiger partial charge < -0.3 is 4.89 Å². The molecule has 1 N–H and O–H groups in total. The molecule has 1 saturated carbocycles. The largest absolute Gasteiger partial charge is 0.350 e. The lowest BCUT2D eigenvalue weighted by atomic mass is 9.83. The summed E-state index contributed by atoms with van der Waals surface area (Å²) in [6.07, 6.45) is -0.335. The Labute approximate surface area is 73.9 Å². The number of Topliss-reactive ketones (excluding diaryl/α,β-unsaturated/α-hetero) is 2. The molecular formula is C8H8O5. The van der Waals surface area contributed by atoms with Gasteiger partial charge >= 0.3 is 5.97 Å². The Morgan fingerprint density at radius 3 is 2.69 bits per heavy atom. The standard InChI is InChI=1S/C8H8O5/c1-4-6(8(11)13-12)2-5(9)3-7(4)10/h6,12H,1-3H2. The molecule has 1 aliphatic carbocycles. The van der Waals surface area contributed by atoms with Crippen LogP contribution < -0.4 is 0 Å². The molecule has 0 aromatic heterocycles. The molecule has 1 rings (SSSR count). The van der Waals surface area contributed by atoms with Gasteiger partial charge in [-0.25, -0.2) is 4.79 Å². The van der Waals surface area contributed by atoms with Gasteiger partial charge in [0.1, 0.15) is 5.78 Å². The van der Waals surface area contributed by atoms with Crippen LogP contribution in [0.3, 0.4) is 0 Å². The second-order valence-electron chi connectivity index (χ2n) is 2.83. The molecule has 5 heteroatoms. The predicted molar refractivity (Wildman–Crippen MR) is 40.6 cm³/mol. The topological polar surface area (TPSA) is 80.7 Å². The highest BCUT2D eigenvalue weighted by Gasteiger charge is 2.35. The van der Waals surface area contributed by atoms with Crippen molar-refractivity contribution in [3.63, 3.8) is 0 Å². The summed E-state index contributed by atoms with van der Waals surface area (Å²) in [4.78, 5) is 36.2. The van der Waals surface area contributed by atoms with Gasteiger partial charge in [0.05, 0.1) is 12.3 Å². The predicted octanol–water partition coefficient (Wildman–Crippen LogP) is 0.107. The van der Waals surface area contributed by atoms with Gasteiger partial charge in [-0.05, 0) is 0 Å². The Kier molecular flexibility index (Phi) is 2.57. The van der Waals surface area contributed by atoms with Gasteiger partial charge in [-0.15, -0.1) is 0 Å². The second kappa shape index (κ2) is 3.49. The van der Waals surface area contributed by atoms with Crippen LogP contribution in [-0.2, 0) is 19.3 Å². The van der Waals surface area contributed by atoms with E-state index in [1.807, 2.05) is 0 Å². The number of hydrogen-bond donors (Lipinski definition) is 1. The second-order valence-corrected chi connectivity index (χ2v) is 2.83. The summed E-state index contributed by atoms with van der Waals surface area (Å²) in [6, 6.07) is 0. The van der Waals surface area contributed by atoms with Gasteiger partial charge in [0.25, 0.3) is 0 Å². The molecule has 1 unspecified atom stereocenters.